The molecule has 0 unspecified atom stereocenters. The number of carbonyl (C=O) groups excluding carboxylic acids is 3. The molecule has 3 aromatic carbocycles. The largest absolute Gasteiger partial charge is 0.458 e. The van der Waals surface area contributed by atoms with Gasteiger partial charge in [-0.1, -0.05) is 107 Å². The lowest BCUT2D eigenvalue weighted by atomic mass is 9.86. The lowest BCUT2D eigenvalue weighted by Gasteiger charge is -2.43. The van der Waals surface area contributed by atoms with Crippen molar-refractivity contribution in [2.45, 2.75) is 83.8 Å². The van der Waals surface area contributed by atoms with Crippen molar-refractivity contribution in [3.63, 3.8) is 0 Å². The van der Waals surface area contributed by atoms with Crippen LogP contribution in [0.4, 0.5) is 9.59 Å². The Morgan fingerprint density at radius 3 is 2.13 bits per heavy atom. The van der Waals surface area contributed by atoms with Crippen molar-refractivity contribution >= 4 is 37.4 Å². The molecule has 1 N–H and O–H groups in total. The van der Waals surface area contributed by atoms with Crippen molar-refractivity contribution in [2.75, 3.05) is 0 Å². The molecule has 0 spiro atoms. The highest BCUT2D eigenvalue weighted by Gasteiger charge is 2.53. The zero-order valence-electron chi connectivity index (χ0n) is 31.4. The van der Waals surface area contributed by atoms with E-state index in [9.17, 15) is 14.4 Å². The number of nitrogens with zero attached hydrogens (tertiary/aromatic N) is 3. The quantitative estimate of drug-likeness (QED) is 0.0613. The second kappa shape index (κ2) is 15.5. The normalized spacial score (nSPS) is 17.1. The molecule has 12 nitrogen and oxygen atoms in total. The number of cyclic esters (lactones) is 1. The number of para-hydroxylation sites is 1. The van der Waals surface area contributed by atoms with Crippen LogP contribution in [0.1, 0.15) is 68.1 Å². The molecule has 0 radical (unpaired) electrons. The van der Waals surface area contributed by atoms with Gasteiger partial charge in [0.2, 0.25) is 0 Å². The molecule has 2 atom stereocenters. The van der Waals surface area contributed by atoms with Crippen molar-refractivity contribution in [1.82, 2.24) is 20.0 Å². The fraction of sp³-hybridized carbons (Fsp3) is 0.310. The highest BCUT2D eigenvalue weighted by molar-refractivity contribution is 6.73. The molecule has 2 amide bonds. The summed E-state index contributed by atoms with van der Waals surface area (Å²) in [7, 11) is -2.45. The maximum atomic E-state index is 15.0. The van der Waals surface area contributed by atoms with Gasteiger partial charge < -0.3 is 18.6 Å². The number of benzene rings is 3. The van der Waals surface area contributed by atoms with Crippen molar-refractivity contribution in [3.8, 4) is 11.4 Å². The van der Waals surface area contributed by atoms with Gasteiger partial charge in [0.15, 0.2) is 20.1 Å². The summed E-state index contributed by atoms with van der Waals surface area (Å²) in [6.07, 6.45) is -2.91. The van der Waals surface area contributed by atoms with Crippen LogP contribution in [-0.4, -0.2) is 41.0 Å². The van der Waals surface area contributed by atoms with Crippen LogP contribution in [0, 0.1) is 0 Å². The van der Waals surface area contributed by atoms with E-state index in [0.717, 1.165) is 39.7 Å². The molecule has 13 heteroatoms. The lowest BCUT2D eigenvalue weighted by molar-refractivity contribution is -0.170. The van der Waals surface area contributed by atoms with Crippen molar-refractivity contribution in [1.29, 1.82) is 0 Å². The van der Waals surface area contributed by atoms with Gasteiger partial charge >= 0.3 is 18.2 Å². The first-order valence-electron chi connectivity index (χ1n) is 18.7. The van der Waals surface area contributed by atoms with Crippen LogP contribution in [0.25, 0.3) is 22.3 Å². The summed E-state index contributed by atoms with van der Waals surface area (Å²) in [5, 5.41) is 1.72. The summed E-state index contributed by atoms with van der Waals surface area (Å²) >= 11 is 0. The Labute approximate surface area is 320 Å². The second-order valence-electron chi connectivity index (χ2n) is 13.8. The molecule has 4 heterocycles. The summed E-state index contributed by atoms with van der Waals surface area (Å²) < 4.78 is 25.5. The third-order valence-electron chi connectivity index (χ3n) is 10.9. The summed E-state index contributed by atoms with van der Waals surface area (Å²) in [4.78, 5) is 61.8. The van der Waals surface area contributed by atoms with Crippen LogP contribution in [0.2, 0.25) is 18.1 Å². The first-order valence-corrected chi connectivity index (χ1v) is 21.2. The standard InChI is InChI=1S/C42H44N4O8Si/c1-5-42(54-55(6-2,7-3)8-4)33-24-35-36-31(23-30-21-15-16-22-34(30)43-36)37(45(35)38(47)32(33)27-51-39(42)48)46(41(50)53-26-29-19-13-10-14-20-29)44-40(49)52-25-28-17-11-9-12-18-28/h9-24,37H,5-8,25-27H2,1-4H3,(H,44,49)/t37-,42+/m1/s1. The van der Waals surface area contributed by atoms with Crippen molar-refractivity contribution in [3.05, 3.63) is 135 Å². The molecule has 0 fully saturated rings. The number of ether oxygens (including phenoxy) is 3. The van der Waals surface area contributed by atoms with Gasteiger partial charge in [-0.05, 0) is 53.9 Å². The molecule has 284 valence electrons. The molecule has 5 aromatic rings. The van der Waals surface area contributed by atoms with Gasteiger partial charge in [0.1, 0.15) is 19.8 Å². The van der Waals surface area contributed by atoms with Crippen molar-refractivity contribution in [2.24, 2.45) is 0 Å². The number of hydrogen-bond donors (Lipinski definition) is 1. The van der Waals surface area contributed by atoms with Crippen LogP contribution in [0.5, 0.6) is 0 Å². The molecule has 0 aliphatic carbocycles. The van der Waals surface area contributed by atoms with E-state index in [1.807, 2.05) is 97.9 Å². The van der Waals surface area contributed by atoms with E-state index in [1.165, 1.54) is 4.57 Å². The molecule has 2 aliphatic rings. The number of fused-ring (bicyclic) bond motifs is 5. The number of hydrogen-bond acceptors (Lipinski definition) is 9. The van der Waals surface area contributed by atoms with E-state index in [2.05, 4.69) is 26.2 Å². The average molecular weight is 761 g/mol. The number of rotatable bonds is 11. The Hall–Kier alpha value is -5.79. The Morgan fingerprint density at radius 2 is 1.49 bits per heavy atom. The molecule has 0 saturated carbocycles. The number of esters is 1. The summed E-state index contributed by atoms with van der Waals surface area (Å²) in [6.45, 7) is 7.62. The van der Waals surface area contributed by atoms with Gasteiger partial charge in [0, 0.05) is 16.5 Å². The fourth-order valence-electron chi connectivity index (χ4n) is 7.57. The van der Waals surface area contributed by atoms with Crippen LogP contribution < -0.4 is 11.0 Å². The minimum Gasteiger partial charge on any atom is -0.458 e. The monoisotopic (exact) mass is 760 g/mol. The Balaban J connectivity index is 1.39. The molecular weight excluding hydrogens is 717 g/mol. The molecular formula is C42H44N4O8Si. The van der Waals surface area contributed by atoms with Gasteiger partial charge in [0.05, 0.1) is 22.5 Å². The molecule has 7 rings (SSSR count). The predicted molar refractivity (Wildman–Crippen MR) is 208 cm³/mol. The van der Waals surface area contributed by atoms with Gasteiger partial charge in [0.25, 0.3) is 5.56 Å². The summed E-state index contributed by atoms with van der Waals surface area (Å²) in [5.41, 5.74) is 4.53. The number of nitrogens with one attached hydrogen (secondary N) is 1. The van der Waals surface area contributed by atoms with E-state index in [1.54, 1.807) is 6.07 Å². The second-order valence-corrected chi connectivity index (χ2v) is 18.5. The number of carbonyl (C=O) groups is 3. The molecule has 0 saturated heterocycles. The van der Waals surface area contributed by atoms with Gasteiger partial charge in [-0.3, -0.25) is 9.36 Å². The molecule has 0 bridgehead atoms. The third kappa shape index (κ3) is 6.89. The van der Waals surface area contributed by atoms with Crippen molar-refractivity contribution < 1.29 is 33.0 Å². The molecule has 55 heavy (non-hydrogen) atoms. The minimum atomic E-state index is -2.45. The van der Waals surface area contributed by atoms with E-state index in [0.29, 0.717) is 28.0 Å². The minimum absolute atomic E-state index is 0.0698. The van der Waals surface area contributed by atoms with Gasteiger partial charge in [-0.25, -0.2) is 24.8 Å². The van der Waals surface area contributed by atoms with E-state index < -0.39 is 43.8 Å². The third-order valence-corrected chi connectivity index (χ3v) is 15.5. The van der Waals surface area contributed by atoms with Gasteiger partial charge in [-0.15, -0.1) is 0 Å². The van der Waals surface area contributed by atoms with E-state index in [-0.39, 0.29) is 31.8 Å². The van der Waals surface area contributed by atoms with Crippen LogP contribution in [0.3, 0.4) is 0 Å². The Kier molecular flexibility index (Phi) is 10.6. The molecule has 2 aliphatic heterocycles. The SMILES string of the molecule is CC[C@@]1(O[Si](CC)(CC)CC)C(=O)OCc2c1cc1n(c2=O)[C@H](N(NC(=O)OCc2ccccc2)C(=O)OCc2ccccc2)c2cc3ccccc3nc2-1. The van der Waals surface area contributed by atoms with Crippen LogP contribution >= 0.6 is 0 Å². The predicted octanol–water partition coefficient (Wildman–Crippen LogP) is 8.09. The van der Waals surface area contributed by atoms with Crippen LogP contribution in [-0.2, 0) is 48.9 Å². The fourth-order valence-corrected chi connectivity index (χ4v) is 10.6. The Morgan fingerprint density at radius 1 is 0.873 bits per heavy atom. The summed E-state index contributed by atoms with van der Waals surface area (Å²) in [5.74, 6) is -0.533. The van der Waals surface area contributed by atoms with E-state index in [4.69, 9.17) is 23.6 Å². The maximum absolute atomic E-state index is 15.0. The highest BCUT2D eigenvalue weighted by atomic mass is 28.4. The number of aromatic nitrogens is 2. The summed E-state index contributed by atoms with van der Waals surface area (Å²) in [6, 6.07) is 31.6. The van der Waals surface area contributed by atoms with E-state index >= 15 is 4.79 Å². The first kappa shape index (κ1) is 37.5. The lowest BCUT2D eigenvalue weighted by Crippen LogP contribution is -2.54. The smallest absolute Gasteiger partial charge is 0.431 e. The Bertz CT molecular complexity index is 2290. The molecule has 2 aromatic heterocycles. The number of amides is 2. The van der Waals surface area contributed by atoms with Crippen LogP contribution in [0.15, 0.2) is 102 Å². The highest BCUT2D eigenvalue weighted by Crippen LogP contribution is 2.46. The zero-order valence-corrected chi connectivity index (χ0v) is 32.4. The number of hydrazine groups is 1. The number of pyridine rings is 2. The topological polar surface area (TPSA) is 138 Å². The maximum Gasteiger partial charge on any atom is 0.431 e. The first-order chi connectivity index (χ1) is 26.7. The van der Waals surface area contributed by atoms with Gasteiger partial charge in [-0.2, -0.15) is 5.01 Å². The zero-order chi connectivity index (χ0) is 38.7. The average Bonchev–Trinajstić information content (AvgIpc) is 3.54.